The minimum Gasteiger partial charge on any atom is -0.497 e. The maximum Gasteiger partial charge on any atom is 0.254 e. The van der Waals surface area contributed by atoms with E-state index >= 15 is 0 Å². The van der Waals surface area contributed by atoms with Crippen molar-refractivity contribution in [1.29, 1.82) is 0 Å². The highest BCUT2D eigenvalue weighted by Crippen LogP contribution is 2.59. The zero-order chi connectivity index (χ0) is 18.1. The van der Waals surface area contributed by atoms with Crippen molar-refractivity contribution in [2.24, 2.45) is 11.3 Å². The van der Waals surface area contributed by atoms with Gasteiger partial charge in [-0.15, -0.1) is 12.4 Å². The number of piperidine rings is 1. The SMILES string of the molecule is COc1cccc(C(=O)N2CCN(C(=O)C3CC34CCNCC4)CC2)c1.Cl. The van der Waals surface area contributed by atoms with Crippen LogP contribution in [0, 0.1) is 11.3 Å². The molecule has 2 saturated heterocycles. The third-order valence-corrected chi connectivity index (χ3v) is 6.28. The molecule has 3 aliphatic rings. The number of benzene rings is 1. The Morgan fingerprint density at radius 1 is 1.11 bits per heavy atom. The summed E-state index contributed by atoms with van der Waals surface area (Å²) in [5.41, 5.74) is 0.913. The first-order valence-corrected chi connectivity index (χ1v) is 9.56. The summed E-state index contributed by atoms with van der Waals surface area (Å²) >= 11 is 0. The largest absolute Gasteiger partial charge is 0.497 e. The monoisotopic (exact) mass is 393 g/mol. The van der Waals surface area contributed by atoms with Gasteiger partial charge in [0, 0.05) is 37.7 Å². The molecule has 148 valence electrons. The van der Waals surface area contributed by atoms with Crippen LogP contribution in [-0.2, 0) is 4.79 Å². The lowest BCUT2D eigenvalue weighted by Crippen LogP contribution is -2.51. The van der Waals surface area contributed by atoms with Crippen LogP contribution < -0.4 is 10.1 Å². The van der Waals surface area contributed by atoms with Crippen LogP contribution in [0.25, 0.3) is 0 Å². The van der Waals surface area contributed by atoms with Gasteiger partial charge in [0.05, 0.1) is 7.11 Å². The van der Waals surface area contributed by atoms with Crippen molar-refractivity contribution in [3.05, 3.63) is 29.8 Å². The van der Waals surface area contributed by atoms with Gasteiger partial charge in [-0.1, -0.05) is 6.07 Å². The Hall–Kier alpha value is -1.79. The number of methoxy groups -OCH3 is 1. The van der Waals surface area contributed by atoms with Crippen molar-refractivity contribution < 1.29 is 14.3 Å². The summed E-state index contributed by atoms with van der Waals surface area (Å²) in [4.78, 5) is 29.4. The zero-order valence-electron chi connectivity index (χ0n) is 15.8. The minimum absolute atomic E-state index is 0. The lowest BCUT2D eigenvalue weighted by Gasteiger charge is -2.35. The molecule has 2 heterocycles. The lowest BCUT2D eigenvalue weighted by molar-refractivity contribution is -0.135. The molecule has 1 N–H and O–H groups in total. The van der Waals surface area contributed by atoms with E-state index in [0.717, 1.165) is 32.4 Å². The van der Waals surface area contributed by atoms with Crippen molar-refractivity contribution in [2.75, 3.05) is 46.4 Å². The molecule has 1 atom stereocenters. The van der Waals surface area contributed by atoms with Crippen LogP contribution in [0.4, 0.5) is 0 Å². The zero-order valence-corrected chi connectivity index (χ0v) is 16.6. The Morgan fingerprint density at radius 3 is 2.44 bits per heavy atom. The topological polar surface area (TPSA) is 61.9 Å². The fourth-order valence-corrected chi connectivity index (χ4v) is 4.46. The maximum atomic E-state index is 12.8. The molecule has 1 spiro atoms. The van der Waals surface area contributed by atoms with Crippen LogP contribution in [0.1, 0.15) is 29.6 Å². The van der Waals surface area contributed by atoms with E-state index in [4.69, 9.17) is 4.74 Å². The van der Waals surface area contributed by atoms with Gasteiger partial charge in [0.15, 0.2) is 0 Å². The van der Waals surface area contributed by atoms with E-state index in [1.165, 1.54) is 0 Å². The molecule has 27 heavy (non-hydrogen) atoms. The van der Waals surface area contributed by atoms with E-state index in [0.29, 0.717) is 43.4 Å². The number of carbonyl (C=O) groups excluding carboxylic acids is 2. The van der Waals surface area contributed by atoms with Crippen LogP contribution in [-0.4, -0.2) is 68.0 Å². The Labute approximate surface area is 166 Å². The average molecular weight is 394 g/mol. The number of nitrogens with one attached hydrogen (secondary N) is 1. The normalized spacial score (nSPS) is 23.5. The average Bonchev–Trinajstić information content (AvgIpc) is 3.40. The molecule has 0 aromatic heterocycles. The summed E-state index contributed by atoms with van der Waals surface area (Å²) in [6, 6.07) is 7.25. The van der Waals surface area contributed by atoms with Crippen molar-refractivity contribution in [2.45, 2.75) is 19.3 Å². The van der Waals surface area contributed by atoms with E-state index in [-0.39, 0.29) is 29.6 Å². The van der Waals surface area contributed by atoms with Crippen molar-refractivity contribution in [3.8, 4) is 5.75 Å². The summed E-state index contributed by atoms with van der Waals surface area (Å²) in [5, 5.41) is 3.38. The predicted molar refractivity (Wildman–Crippen MR) is 105 cm³/mol. The predicted octanol–water partition coefficient (Wildman–Crippen LogP) is 1.79. The van der Waals surface area contributed by atoms with Gasteiger partial charge in [-0.3, -0.25) is 9.59 Å². The van der Waals surface area contributed by atoms with Gasteiger partial charge < -0.3 is 19.9 Å². The number of ether oxygens (including phenoxy) is 1. The highest BCUT2D eigenvalue weighted by Gasteiger charge is 2.58. The molecular weight excluding hydrogens is 366 g/mol. The number of halogens is 1. The fraction of sp³-hybridized carbons (Fsp3) is 0.600. The second-order valence-electron chi connectivity index (χ2n) is 7.72. The first-order valence-electron chi connectivity index (χ1n) is 9.56. The molecule has 3 fully saturated rings. The number of hydrogen-bond acceptors (Lipinski definition) is 4. The van der Waals surface area contributed by atoms with Crippen molar-refractivity contribution in [3.63, 3.8) is 0 Å². The number of rotatable bonds is 3. The van der Waals surface area contributed by atoms with Crippen LogP contribution >= 0.6 is 12.4 Å². The molecule has 1 aromatic carbocycles. The molecule has 6 nitrogen and oxygen atoms in total. The molecule has 7 heteroatoms. The van der Waals surface area contributed by atoms with Crippen molar-refractivity contribution in [1.82, 2.24) is 15.1 Å². The maximum absolute atomic E-state index is 12.8. The second-order valence-corrected chi connectivity index (χ2v) is 7.72. The molecule has 1 aliphatic carbocycles. The Morgan fingerprint density at radius 2 is 1.78 bits per heavy atom. The highest BCUT2D eigenvalue weighted by molar-refractivity contribution is 5.95. The highest BCUT2D eigenvalue weighted by atomic mass is 35.5. The number of nitrogens with zero attached hydrogens (tertiary/aromatic N) is 2. The fourth-order valence-electron chi connectivity index (χ4n) is 4.46. The summed E-state index contributed by atoms with van der Waals surface area (Å²) in [5.74, 6) is 1.22. The van der Waals surface area contributed by atoms with Crippen molar-refractivity contribution >= 4 is 24.2 Å². The van der Waals surface area contributed by atoms with E-state index < -0.39 is 0 Å². The standard InChI is InChI=1S/C20H27N3O3.ClH/c1-26-16-4-2-3-15(13-16)18(24)22-9-11-23(12-10-22)19(25)17-14-20(17)5-7-21-8-6-20;/h2-4,13,17,21H,5-12,14H2,1H3;1H. The number of hydrogen-bond donors (Lipinski definition) is 1. The summed E-state index contributed by atoms with van der Waals surface area (Å²) in [6.07, 6.45) is 3.30. The second kappa shape index (κ2) is 8.07. The number of amides is 2. The summed E-state index contributed by atoms with van der Waals surface area (Å²) in [7, 11) is 1.60. The Balaban J connectivity index is 0.00000210. The van der Waals surface area contributed by atoms with Crippen LogP contribution in [0.3, 0.4) is 0 Å². The molecule has 1 saturated carbocycles. The van der Waals surface area contributed by atoms with Gasteiger partial charge >= 0.3 is 0 Å². The third kappa shape index (κ3) is 3.92. The molecule has 4 rings (SSSR count). The molecular formula is C20H28ClN3O3. The first kappa shape index (κ1) is 20.0. The molecule has 0 radical (unpaired) electrons. The lowest BCUT2D eigenvalue weighted by atomic mass is 9.91. The van der Waals surface area contributed by atoms with Crippen LogP contribution in [0.15, 0.2) is 24.3 Å². The van der Waals surface area contributed by atoms with Crippen LogP contribution in [0.2, 0.25) is 0 Å². The van der Waals surface area contributed by atoms with Gasteiger partial charge in [-0.2, -0.15) is 0 Å². The first-order chi connectivity index (χ1) is 12.6. The van der Waals surface area contributed by atoms with Gasteiger partial charge in [0.1, 0.15) is 5.75 Å². The Bertz CT molecular complexity index is 697. The number of piperazine rings is 1. The minimum atomic E-state index is 0. The van der Waals surface area contributed by atoms with E-state index in [2.05, 4.69) is 5.32 Å². The third-order valence-electron chi connectivity index (χ3n) is 6.28. The van der Waals surface area contributed by atoms with E-state index in [9.17, 15) is 9.59 Å². The van der Waals surface area contributed by atoms with Gasteiger partial charge in [-0.05, 0) is 56.0 Å². The Kier molecular flexibility index (Phi) is 5.96. The van der Waals surface area contributed by atoms with Gasteiger partial charge in [-0.25, -0.2) is 0 Å². The molecule has 2 aliphatic heterocycles. The molecule has 1 unspecified atom stereocenters. The molecule has 0 bridgehead atoms. The van der Waals surface area contributed by atoms with Gasteiger partial charge in [0.2, 0.25) is 5.91 Å². The van der Waals surface area contributed by atoms with E-state index in [1.807, 2.05) is 28.0 Å². The molecule has 2 amide bonds. The quantitative estimate of drug-likeness (QED) is 0.850. The van der Waals surface area contributed by atoms with Gasteiger partial charge in [0.25, 0.3) is 5.91 Å². The summed E-state index contributed by atoms with van der Waals surface area (Å²) in [6.45, 7) is 4.55. The molecule has 1 aromatic rings. The van der Waals surface area contributed by atoms with E-state index in [1.54, 1.807) is 13.2 Å². The smallest absolute Gasteiger partial charge is 0.254 e. The number of carbonyl (C=O) groups is 2. The summed E-state index contributed by atoms with van der Waals surface area (Å²) < 4.78 is 5.20. The van der Waals surface area contributed by atoms with Crippen LogP contribution in [0.5, 0.6) is 5.75 Å².